The highest BCUT2D eigenvalue weighted by Gasteiger charge is 2.20. The SMILES string of the molecule is CC(NC(=O)Nc1cncnc1)C(C)C(=O)O. The van der Waals surface area contributed by atoms with Crippen molar-refractivity contribution in [2.45, 2.75) is 19.9 Å². The number of amides is 2. The van der Waals surface area contributed by atoms with E-state index in [0.717, 1.165) is 0 Å². The molecule has 0 aliphatic heterocycles. The quantitative estimate of drug-likeness (QED) is 0.716. The first-order chi connectivity index (χ1) is 8.00. The van der Waals surface area contributed by atoms with Crippen LogP contribution in [0.2, 0.25) is 0 Å². The van der Waals surface area contributed by atoms with Gasteiger partial charge in [-0.25, -0.2) is 14.8 Å². The van der Waals surface area contributed by atoms with Crippen LogP contribution in [0.25, 0.3) is 0 Å². The average molecular weight is 238 g/mol. The highest BCUT2D eigenvalue weighted by atomic mass is 16.4. The fourth-order valence-electron chi connectivity index (χ4n) is 1.08. The molecule has 7 nitrogen and oxygen atoms in total. The average Bonchev–Trinajstić information content (AvgIpc) is 2.28. The Morgan fingerprint density at radius 1 is 1.29 bits per heavy atom. The van der Waals surface area contributed by atoms with Gasteiger partial charge in [0.15, 0.2) is 0 Å². The van der Waals surface area contributed by atoms with Crippen molar-refractivity contribution >= 4 is 17.7 Å². The van der Waals surface area contributed by atoms with Gasteiger partial charge in [-0.15, -0.1) is 0 Å². The van der Waals surface area contributed by atoms with Crippen molar-refractivity contribution < 1.29 is 14.7 Å². The number of nitrogens with one attached hydrogen (secondary N) is 2. The monoisotopic (exact) mass is 238 g/mol. The van der Waals surface area contributed by atoms with E-state index < -0.39 is 24.0 Å². The third kappa shape index (κ3) is 4.06. The van der Waals surface area contributed by atoms with Crippen molar-refractivity contribution in [2.24, 2.45) is 5.92 Å². The summed E-state index contributed by atoms with van der Waals surface area (Å²) in [6.07, 6.45) is 4.23. The molecule has 2 unspecified atom stereocenters. The van der Waals surface area contributed by atoms with E-state index in [2.05, 4.69) is 20.6 Å². The van der Waals surface area contributed by atoms with Crippen LogP contribution < -0.4 is 10.6 Å². The zero-order chi connectivity index (χ0) is 12.8. The molecule has 1 rings (SSSR count). The Balaban J connectivity index is 2.48. The topological polar surface area (TPSA) is 104 Å². The van der Waals surface area contributed by atoms with Gasteiger partial charge in [0.05, 0.1) is 24.0 Å². The van der Waals surface area contributed by atoms with E-state index in [1.54, 1.807) is 6.92 Å². The number of aliphatic carboxylic acids is 1. The van der Waals surface area contributed by atoms with Crippen LogP contribution in [0.5, 0.6) is 0 Å². The molecule has 0 radical (unpaired) electrons. The van der Waals surface area contributed by atoms with Crippen LogP contribution in [0.1, 0.15) is 13.8 Å². The summed E-state index contributed by atoms with van der Waals surface area (Å²) in [6, 6.07) is -0.961. The van der Waals surface area contributed by atoms with Gasteiger partial charge in [0.1, 0.15) is 6.33 Å². The maximum absolute atomic E-state index is 11.5. The number of carbonyl (C=O) groups excluding carboxylic acids is 1. The van der Waals surface area contributed by atoms with Gasteiger partial charge >= 0.3 is 12.0 Å². The van der Waals surface area contributed by atoms with Crippen molar-refractivity contribution in [3.05, 3.63) is 18.7 Å². The van der Waals surface area contributed by atoms with Gasteiger partial charge < -0.3 is 15.7 Å². The normalized spacial score (nSPS) is 13.5. The fourth-order valence-corrected chi connectivity index (χ4v) is 1.08. The zero-order valence-electron chi connectivity index (χ0n) is 9.54. The van der Waals surface area contributed by atoms with E-state index in [0.29, 0.717) is 5.69 Å². The minimum absolute atomic E-state index is 0.445. The van der Waals surface area contributed by atoms with Crippen molar-refractivity contribution in [3.63, 3.8) is 0 Å². The molecule has 3 N–H and O–H groups in total. The molecular weight excluding hydrogens is 224 g/mol. The summed E-state index contributed by atoms with van der Waals surface area (Å²) in [5.41, 5.74) is 0.445. The molecule has 0 saturated heterocycles. The Bertz CT molecular complexity index is 396. The number of urea groups is 1. The van der Waals surface area contributed by atoms with E-state index in [4.69, 9.17) is 5.11 Å². The Hall–Kier alpha value is -2.18. The van der Waals surface area contributed by atoms with Crippen LogP contribution in [-0.2, 0) is 4.79 Å². The third-order valence-electron chi connectivity index (χ3n) is 2.32. The van der Waals surface area contributed by atoms with Crippen LogP contribution in [0, 0.1) is 5.92 Å². The van der Waals surface area contributed by atoms with Gasteiger partial charge in [-0.05, 0) is 13.8 Å². The predicted octanol–water partition coefficient (Wildman–Crippen LogP) is 0.707. The summed E-state index contributed by atoms with van der Waals surface area (Å²) < 4.78 is 0. The fraction of sp³-hybridized carbons (Fsp3) is 0.400. The largest absolute Gasteiger partial charge is 0.481 e. The first-order valence-corrected chi connectivity index (χ1v) is 5.06. The summed E-state index contributed by atoms with van der Waals surface area (Å²) in [5, 5.41) is 13.8. The number of carbonyl (C=O) groups is 2. The lowest BCUT2D eigenvalue weighted by Gasteiger charge is -2.17. The van der Waals surface area contributed by atoms with Crippen LogP contribution in [0.15, 0.2) is 18.7 Å². The second-order valence-corrected chi connectivity index (χ2v) is 3.64. The molecule has 17 heavy (non-hydrogen) atoms. The van der Waals surface area contributed by atoms with Gasteiger partial charge in [0.25, 0.3) is 0 Å². The first kappa shape index (κ1) is 12.9. The molecule has 2 atom stereocenters. The molecule has 7 heteroatoms. The molecule has 0 saturated carbocycles. The molecule has 1 heterocycles. The molecule has 92 valence electrons. The van der Waals surface area contributed by atoms with Gasteiger partial charge in [-0.2, -0.15) is 0 Å². The van der Waals surface area contributed by atoms with E-state index in [1.807, 2.05) is 0 Å². The van der Waals surface area contributed by atoms with Gasteiger partial charge in [-0.1, -0.05) is 0 Å². The summed E-state index contributed by atoms with van der Waals surface area (Å²) in [4.78, 5) is 29.6. The van der Waals surface area contributed by atoms with Crippen LogP contribution in [0.4, 0.5) is 10.5 Å². The maximum Gasteiger partial charge on any atom is 0.319 e. The molecule has 0 aromatic carbocycles. The third-order valence-corrected chi connectivity index (χ3v) is 2.32. The lowest BCUT2D eigenvalue weighted by Crippen LogP contribution is -2.42. The van der Waals surface area contributed by atoms with Crippen molar-refractivity contribution in [3.8, 4) is 0 Å². The maximum atomic E-state index is 11.5. The van der Waals surface area contributed by atoms with Crippen LogP contribution in [-0.4, -0.2) is 33.1 Å². The number of hydrogen-bond donors (Lipinski definition) is 3. The minimum Gasteiger partial charge on any atom is -0.481 e. The number of carboxylic acid groups (broad SMARTS) is 1. The van der Waals surface area contributed by atoms with Crippen LogP contribution >= 0.6 is 0 Å². The van der Waals surface area contributed by atoms with Crippen LogP contribution in [0.3, 0.4) is 0 Å². The standard InChI is InChI=1S/C10H14N4O3/c1-6(9(15)16)7(2)13-10(17)14-8-3-11-5-12-4-8/h3-7H,1-2H3,(H,15,16)(H2,13,14,17). The Morgan fingerprint density at radius 3 is 2.41 bits per heavy atom. The van der Waals surface area contributed by atoms with E-state index in [9.17, 15) is 9.59 Å². The summed E-state index contributed by atoms with van der Waals surface area (Å²) in [6.45, 7) is 3.15. The molecule has 0 fully saturated rings. The summed E-state index contributed by atoms with van der Waals surface area (Å²) in [5.74, 6) is -1.62. The molecule has 0 aliphatic carbocycles. The molecule has 0 bridgehead atoms. The van der Waals surface area contributed by atoms with Gasteiger partial charge in [-0.3, -0.25) is 4.79 Å². The molecule has 0 aliphatic rings. The number of hydrogen-bond acceptors (Lipinski definition) is 4. The van der Waals surface area contributed by atoms with E-state index in [1.165, 1.54) is 25.6 Å². The Kier molecular flexibility index (Phi) is 4.38. The summed E-state index contributed by atoms with van der Waals surface area (Å²) >= 11 is 0. The predicted molar refractivity (Wildman–Crippen MR) is 60.4 cm³/mol. The molecule has 2 amide bonds. The zero-order valence-corrected chi connectivity index (χ0v) is 9.54. The number of aromatic nitrogens is 2. The lowest BCUT2D eigenvalue weighted by molar-refractivity contribution is -0.141. The second-order valence-electron chi connectivity index (χ2n) is 3.64. The van der Waals surface area contributed by atoms with E-state index in [-0.39, 0.29) is 0 Å². The van der Waals surface area contributed by atoms with E-state index >= 15 is 0 Å². The highest BCUT2D eigenvalue weighted by Crippen LogP contribution is 2.04. The lowest BCUT2D eigenvalue weighted by atomic mass is 10.0. The molecule has 0 spiro atoms. The first-order valence-electron chi connectivity index (χ1n) is 5.06. The van der Waals surface area contributed by atoms with Crippen molar-refractivity contribution in [1.82, 2.24) is 15.3 Å². The molecular formula is C10H14N4O3. The molecule has 1 aromatic rings. The number of nitrogens with zero attached hydrogens (tertiary/aromatic N) is 2. The summed E-state index contributed by atoms with van der Waals surface area (Å²) in [7, 11) is 0. The number of rotatable bonds is 4. The smallest absolute Gasteiger partial charge is 0.319 e. The Morgan fingerprint density at radius 2 is 1.88 bits per heavy atom. The molecule has 1 aromatic heterocycles. The minimum atomic E-state index is -0.958. The number of carboxylic acids is 1. The number of anilines is 1. The Labute approximate surface area is 98.3 Å². The second kappa shape index (κ2) is 5.78. The van der Waals surface area contributed by atoms with Crippen molar-refractivity contribution in [2.75, 3.05) is 5.32 Å². The van der Waals surface area contributed by atoms with Gasteiger partial charge in [0.2, 0.25) is 0 Å². The van der Waals surface area contributed by atoms with Gasteiger partial charge in [0, 0.05) is 6.04 Å². The highest BCUT2D eigenvalue weighted by molar-refractivity contribution is 5.89. The van der Waals surface area contributed by atoms with Crippen molar-refractivity contribution in [1.29, 1.82) is 0 Å².